The molecule has 0 saturated carbocycles. The van der Waals surface area contributed by atoms with E-state index in [9.17, 15) is 4.79 Å². The Balaban J connectivity index is 2.94. The minimum Gasteiger partial charge on any atom is -0.274 e. The van der Waals surface area contributed by atoms with Gasteiger partial charge in [0, 0.05) is 20.2 Å². The van der Waals surface area contributed by atoms with Crippen molar-refractivity contribution in [3.63, 3.8) is 0 Å². The maximum atomic E-state index is 11.5. The number of hydrogen-bond donors (Lipinski definition) is 0. The van der Waals surface area contributed by atoms with E-state index in [2.05, 4.69) is 21.0 Å². The third kappa shape index (κ3) is 2.07. The summed E-state index contributed by atoms with van der Waals surface area (Å²) >= 11 is 3.18. The largest absolute Gasteiger partial charge is 0.295 e. The van der Waals surface area contributed by atoms with E-state index >= 15 is 0 Å². The number of hydrogen-bond acceptors (Lipinski definition) is 3. The van der Waals surface area contributed by atoms with Crippen molar-refractivity contribution in [1.29, 1.82) is 0 Å². The molecule has 0 fully saturated rings. The topological polar surface area (TPSA) is 47.4 Å². The lowest BCUT2D eigenvalue weighted by atomic mass is 10.4. The van der Waals surface area contributed by atoms with Crippen molar-refractivity contribution in [3.05, 3.63) is 16.4 Å². The van der Waals surface area contributed by atoms with Crippen LogP contribution < -0.4 is 0 Å². The molecule has 0 N–H and O–H groups in total. The van der Waals surface area contributed by atoms with Crippen LogP contribution in [0.5, 0.6) is 0 Å². The van der Waals surface area contributed by atoms with Crippen molar-refractivity contribution < 1.29 is 9.63 Å². The van der Waals surface area contributed by atoms with Crippen molar-refractivity contribution in [2.75, 3.05) is 14.2 Å². The van der Waals surface area contributed by atoms with Gasteiger partial charge in [-0.3, -0.25) is 14.3 Å². The number of carbonyl (C=O) groups is 1. The molecular weight excluding hydrogens is 238 g/mol. The van der Waals surface area contributed by atoms with Crippen LogP contribution in [0.3, 0.4) is 0 Å². The number of aromatic nitrogens is 2. The highest BCUT2D eigenvalue weighted by molar-refractivity contribution is 9.10. The molecule has 0 atom stereocenters. The summed E-state index contributed by atoms with van der Waals surface area (Å²) < 4.78 is 2.12. The SMILES string of the molecule is CON(C)C(=O)c1cc(Br)nn1C. The van der Waals surface area contributed by atoms with Crippen LogP contribution in [0, 0.1) is 0 Å². The minimum absolute atomic E-state index is 0.233. The van der Waals surface area contributed by atoms with Gasteiger partial charge in [0.15, 0.2) is 0 Å². The van der Waals surface area contributed by atoms with Crippen LogP contribution in [0.1, 0.15) is 10.5 Å². The molecule has 6 heteroatoms. The maximum Gasteiger partial charge on any atom is 0.295 e. The average Bonchev–Trinajstić information content (AvgIpc) is 2.42. The predicted octanol–water partition coefficient (Wildman–Crippen LogP) is 0.816. The van der Waals surface area contributed by atoms with Gasteiger partial charge in [-0.05, 0) is 15.9 Å². The summed E-state index contributed by atoms with van der Waals surface area (Å²) in [5.41, 5.74) is 0.469. The molecular formula is C7H10BrN3O2. The molecule has 0 aliphatic carbocycles. The Hall–Kier alpha value is -0.880. The van der Waals surface area contributed by atoms with Crippen LogP contribution in [0.4, 0.5) is 0 Å². The summed E-state index contributed by atoms with van der Waals surface area (Å²) in [7, 11) is 4.67. The number of hydroxylamine groups is 2. The summed E-state index contributed by atoms with van der Waals surface area (Å²) in [5, 5.41) is 5.12. The highest BCUT2D eigenvalue weighted by Crippen LogP contribution is 2.10. The van der Waals surface area contributed by atoms with E-state index in [4.69, 9.17) is 4.84 Å². The Labute approximate surface area is 84.4 Å². The second kappa shape index (κ2) is 3.89. The van der Waals surface area contributed by atoms with Gasteiger partial charge < -0.3 is 0 Å². The fourth-order valence-corrected chi connectivity index (χ4v) is 1.33. The first kappa shape index (κ1) is 10.2. The number of amides is 1. The van der Waals surface area contributed by atoms with Crippen LogP contribution in [0.2, 0.25) is 0 Å². The Bertz CT molecular complexity index is 324. The Morgan fingerprint density at radius 1 is 1.77 bits per heavy atom. The van der Waals surface area contributed by atoms with Gasteiger partial charge in [-0.25, -0.2) is 5.06 Å². The van der Waals surface area contributed by atoms with Gasteiger partial charge in [-0.15, -0.1) is 0 Å². The average molecular weight is 248 g/mol. The molecule has 0 aliphatic heterocycles. The van der Waals surface area contributed by atoms with Crippen molar-refractivity contribution in [3.8, 4) is 0 Å². The molecule has 1 aromatic heterocycles. The first-order valence-corrected chi connectivity index (χ1v) is 4.37. The quantitative estimate of drug-likeness (QED) is 0.728. The van der Waals surface area contributed by atoms with Gasteiger partial charge >= 0.3 is 0 Å². The van der Waals surface area contributed by atoms with Gasteiger partial charge in [-0.2, -0.15) is 5.10 Å². The first-order chi connectivity index (χ1) is 6.06. The second-order valence-electron chi connectivity index (χ2n) is 2.46. The highest BCUT2D eigenvalue weighted by Gasteiger charge is 2.16. The van der Waals surface area contributed by atoms with Crippen LogP contribution in [0.25, 0.3) is 0 Å². The third-order valence-electron chi connectivity index (χ3n) is 1.63. The number of carbonyl (C=O) groups excluding carboxylic acids is 1. The maximum absolute atomic E-state index is 11.5. The minimum atomic E-state index is -0.233. The smallest absolute Gasteiger partial charge is 0.274 e. The zero-order valence-corrected chi connectivity index (χ0v) is 9.20. The molecule has 0 aliphatic rings. The molecule has 72 valence electrons. The van der Waals surface area contributed by atoms with Gasteiger partial charge in [0.25, 0.3) is 5.91 Å². The van der Waals surface area contributed by atoms with Crippen molar-refractivity contribution in [2.45, 2.75) is 0 Å². The van der Waals surface area contributed by atoms with Crippen LogP contribution >= 0.6 is 15.9 Å². The fraction of sp³-hybridized carbons (Fsp3) is 0.429. The normalized spacial score (nSPS) is 10.2. The molecule has 0 bridgehead atoms. The number of nitrogens with zero attached hydrogens (tertiary/aromatic N) is 3. The fourth-order valence-electron chi connectivity index (χ4n) is 0.877. The third-order valence-corrected chi connectivity index (χ3v) is 2.02. The molecule has 1 aromatic rings. The summed E-state index contributed by atoms with van der Waals surface area (Å²) in [4.78, 5) is 16.3. The van der Waals surface area contributed by atoms with E-state index in [1.54, 1.807) is 20.2 Å². The summed E-state index contributed by atoms with van der Waals surface area (Å²) in [6.07, 6.45) is 0. The monoisotopic (exact) mass is 247 g/mol. The molecule has 5 nitrogen and oxygen atoms in total. The van der Waals surface area contributed by atoms with E-state index in [-0.39, 0.29) is 5.91 Å². The number of aryl methyl sites for hydroxylation is 1. The van der Waals surface area contributed by atoms with Gasteiger partial charge in [0.1, 0.15) is 10.3 Å². The zero-order valence-electron chi connectivity index (χ0n) is 7.61. The van der Waals surface area contributed by atoms with E-state index in [0.29, 0.717) is 10.3 Å². The lowest BCUT2D eigenvalue weighted by molar-refractivity contribution is -0.0763. The van der Waals surface area contributed by atoms with Crippen LogP contribution in [-0.4, -0.2) is 34.9 Å². The lowest BCUT2D eigenvalue weighted by Gasteiger charge is -2.12. The molecule has 1 amide bonds. The summed E-state index contributed by atoms with van der Waals surface area (Å²) in [6.45, 7) is 0. The standard InChI is InChI=1S/C7H10BrN3O2/c1-10-5(4-6(8)9-10)7(12)11(2)13-3/h4H,1-3H3. The first-order valence-electron chi connectivity index (χ1n) is 3.58. The molecule has 1 heterocycles. The molecule has 0 saturated heterocycles. The molecule has 0 aromatic carbocycles. The molecule has 0 unspecified atom stereocenters. The predicted molar refractivity (Wildman–Crippen MR) is 50.0 cm³/mol. The Morgan fingerprint density at radius 3 is 2.77 bits per heavy atom. The van der Waals surface area contributed by atoms with E-state index < -0.39 is 0 Å². The van der Waals surface area contributed by atoms with Gasteiger partial charge in [-0.1, -0.05) is 0 Å². The second-order valence-corrected chi connectivity index (χ2v) is 3.27. The van der Waals surface area contributed by atoms with E-state index in [1.165, 1.54) is 11.8 Å². The Kier molecular flexibility index (Phi) is 3.05. The van der Waals surface area contributed by atoms with Gasteiger partial charge in [0.05, 0.1) is 7.11 Å². The number of rotatable bonds is 2. The Morgan fingerprint density at radius 2 is 2.38 bits per heavy atom. The number of halogens is 1. The summed E-state index contributed by atoms with van der Waals surface area (Å²) in [6, 6.07) is 1.64. The van der Waals surface area contributed by atoms with E-state index in [0.717, 1.165) is 5.06 Å². The van der Waals surface area contributed by atoms with Crippen molar-refractivity contribution in [2.24, 2.45) is 7.05 Å². The van der Waals surface area contributed by atoms with Crippen LogP contribution in [0.15, 0.2) is 10.7 Å². The molecule has 1 rings (SSSR count). The van der Waals surface area contributed by atoms with Gasteiger partial charge in [0.2, 0.25) is 0 Å². The summed E-state index contributed by atoms with van der Waals surface area (Å²) in [5.74, 6) is -0.233. The van der Waals surface area contributed by atoms with Crippen LogP contribution in [-0.2, 0) is 11.9 Å². The molecule has 0 radical (unpaired) electrons. The van der Waals surface area contributed by atoms with Crippen molar-refractivity contribution in [1.82, 2.24) is 14.8 Å². The highest BCUT2D eigenvalue weighted by atomic mass is 79.9. The van der Waals surface area contributed by atoms with Crippen molar-refractivity contribution >= 4 is 21.8 Å². The molecule has 0 spiro atoms. The zero-order chi connectivity index (χ0) is 10.0. The molecule has 13 heavy (non-hydrogen) atoms. The lowest BCUT2D eigenvalue weighted by Crippen LogP contribution is -2.27. The van der Waals surface area contributed by atoms with E-state index in [1.807, 2.05) is 0 Å².